The number of aromatic amines is 1. The Morgan fingerprint density at radius 3 is 2.68 bits per heavy atom. The highest BCUT2D eigenvalue weighted by Crippen LogP contribution is 2.29. The van der Waals surface area contributed by atoms with Gasteiger partial charge in [-0.2, -0.15) is 10.2 Å². The number of piperazine rings is 1. The summed E-state index contributed by atoms with van der Waals surface area (Å²) in [5.41, 5.74) is 3.13. The second kappa shape index (κ2) is 13.3. The summed E-state index contributed by atoms with van der Waals surface area (Å²) >= 11 is 0. The van der Waals surface area contributed by atoms with Crippen molar-refractivity contribution in [3.63, 3.8) is 0 Å². The van der Waals surface area contributed by atoms with Gasteiger partial charge in [0.15, 0.2) is 12.0 Å². The van der Waals surface area contributed by atoms with Gasteiger partial charge in [-0.3, -0.25) is 9.69 Å². The Labute approximate surface area is 271 Å². The lowest BCUT2D eigenvalue weighted by Gasteiger charge is -2.46. The molecule has 13 nitrogen and oxygen atoms in total. The van der Waals surface area contributed by atoms with Crippen LogP contribution in [0.15, 0.2) is 61.3 Å². The van der Waals surface area contributed by atoms with E-state index in [1.54, 1.807) is 18.2 Å². The molecule has 3 aliphatic heterocycles. The molecule has 47 heavy (non-hydrogen) atoms. The largest absolute Gasteiger partial charge is 0.486 e. The summed E-state index contributed by atoms with van der Waals surface area (Å²) in [5, 5.41) is 13.1. The van der Waals surface area contributed by atoms with Crippen molar-refractivity contribution in [3.8, 4) is 23.2 Å². The van der Waals surface area contributed by atoms with Crippen LogP contribution in [0.2, 0.25) is 0 Å². The van der Waals surface area contributed by atoms with Crippen LogP contribution < -0.4 is 15.0 Å². The molecule has 5 heterocycles. The van der Waals surface area contributed by atoms with Crippen LogP contribution in [0.5, 0.6) is 5.75 Å². The first kappa shape index (κ1) is 30.5. The zero-order valence-corrected chi connectivity index (χ0v) is 25.9. The lowest BCUT2D eigenvalue weighted by Crippen LogP contribution is -2.59. The molecule has 4 aromatic rings. The number of rotatable bonds is 8. The number of amides is 1. The molecule has 242 valence electrons. The molecular formula is C33H35FN10O3. The number of carbonyl (C=O) groups excluding carboxylic acids is 1. The summed E-state index contributed by atoms with van der Waals surface area (Å²) in [6, 6.07) is 16.3. The molecule has 3 atom stereocenters. The third-order valence-corrected chi connectivity index (χ3v) is 8.96. The molecule has 3 aliphatic rings. The predicted molar refractivity (Wildman–Crippen MR) is 171 cm³/mol. The molecule has 0 spiro atoms. The lowest BCUT2D eigenvalue weighted by molar-refractivity contribution is -0.0691. The number of hydrogen-bond acceptors (Lipinski definition) is 11. The van der Waals surface area contributed by atoms with E-state index in [1.165, 1.54) is 29.4 Å². The minimum atomic E-state index is -1.42. The van der Waals surface area contributed by atoms with E-state index in [9.17, 15) is 10.1 Å². The molecule has 0 aliphatic carbocycles. The van der Waals surface area contributed by atoms with Crippen molar-refractivity contribution < 1.29 is 18.7 Å². The van der Waals surface area contributed by atoms with Gasteiger partial charge in [-0.25, -0.2) is 19.3 Å². The number of anilines is 3. The summed E-state index contributed by atoms with van der Waals surface area (Å²) in [6.45, 7) is 7.16. The monoisotopic (exact) mass is 638 g/mol. The van der Waals surface area contributed by atoms with Crippen LogP contribution in [0.4, 0.5) is 21.7 Å². The van der Waals surface area contributed by atoms with Crippen molar-refractivity contribution in [2.24, 2.45) is 0 Å². The Hall–Kier alpha value is -5.13. The van der Waals surface area contributed by atoms with E-state index in [0.29, 0.717) is 41.7 Å². The number of hydrogen-bond donors (Lipinski definition) is 2. The number of ether oxygens (including phenoxy) is 2. The fourth-order valence-corrected chi connectivity index (χ4v) is 6.26. The highest BCUT2D eigenvalue weighted by molar-refractivity contribution is 5.92. The van der Waals surface area contributed by atoms with Gasteiger partial charge in [-0.05, 0) is 49.4 Å². The molecule has 7 rings (SSSR count). The second-order valence-electron chi connectivity index (χ2n) is 12.0. The van der Waals surface area contributed by atoms with Crippen LogP contribution in [0, 0.1) is 11.3 Å². The number of H-pyrrole nitrogens is 1. The van der Waals surface area contributed by atoms with E-state index in [0.717, 1.165) is 38.5 Å². The maximum atomic E-state index is 15.1. The van der Waals surface area contributed by atoms with Gasteiger partial charge in [0.1, 0.15) is 29.9 Å². The van der Waals surface area contributed by atoms with Crippen molar-refractivity contribution in [2.75, 3.05) is 56.2 Å². The van der Waals surface area contributed by atoms with Crippen molar-refractivity contribution in [3.05, 3.63) is 72.6 Å². The number of likely N-dealkylation sites (tertiary alicyclic amines) is 1. The van der Waals surface area contributed by atoms with Gasteiger partial charge >= 0.3 is 0 Å². The molecular weight excluding hydrogens is 603 g/mol. The lowest BCUT2D eigenvalue weighted by atomic mass is 10.0. The Bertz CT molecular complexity index is 1740. The van der Waals surface area contributed by atoms with Gasteiger partial charge in [-0.15, -0.1) is 0 Å². The maximum Gasteiger partial charge on any atom is 0.272 e. The van der Waals surface area contributed by atoms with Gasteiger partial charge in [0, 0.05) is 55.6 Å². The molecule has 1 unspecified atom stereocenters. The summed E-state index contributed by atoms with van der Waals surface area (Å²) in [6.07, 6.45) is 2.30. The number of carbonyl (C=O) groups is 1. The zero-order chi connectivity index (χ0) is 32.3. The molecule has 2 N–H and O–H groups in total. The number of alkyl halides is 1. The van der Waals surface area contributed by atoms with E-state index in [4.69, 9.17) is 9.47 Å². The molecule has 3 fully saturated rings. The SMILES string of the molecule is CC1CN(C2COC2)CCN1c1ccc(Nc2ncnc(-c3ccc(O[C@H]4CCN(C(=O)c5cnc[nH]5)C[C@H]4F)c(C#N)c3)n2)cc1. The number of nitriles is 1. The van der Waals surface area contributed by atoms with Gasteiger partial charge < -0.3 is 29.6 Å². The standard InChI is InChI=1S/C33H35FN10O3/c1-21-15-42(26-17-46-18-26)10-11-44(21)25-5-3-24(4-6-25)40-33-39-20-38-31(41-33)22-2-7-29(23(12-22)13-35)47-30-8-9-43(16-27(30)34)32(45)28-14-36-19-37-28/h2-7,12,14,19-21,26-27,30H,8-11,15-18H2,1H3,(H,36,37)(H,38,39,40,41)/t21?,27-,30+/m1/s1. The third-order valence-electron chi connectivity index (χ3n) is 8.96. The average molecular weight is 639 g/mol. The summed E-state index contributed by atoms with van der Waals surface area (Å²) in [7, 11) is 0. The van der Waals surface area contributed by atoms with E-state index < -0.39 is 12.3 Å². The molecule has 0 saturated carbocycles. The number of benzene rings is 2. The van der Waals surface area contributed by atoms with Crippen LogP contribution in [0.1, 0.15) is 29.4 Å². The first-order valence-electron chi connectivity index (χ1n) is 15.7. The second-order valence-corrected chi connectivity index (χ2v) is 12.0. The van der Waals surface area contributed by atoms with Gasteiger partial charge in [0.05, 0.1) is 43.9 Å². The van der Waals surface area contributed by atoms with Crippen LogP contribution in [-0.4, -0.2) is 111 Å². The number of piperidine rings is 1. The quantitative estimate of drug-likeness (QED) is 0.293. The van der Waals surface area contributed by atoms with Crippen molar-refractivity contribution >= 4 is 23.2 Å². The molecule has 0 bridgehead atoms. The summed E-state index contributed by atoms with van der Waals surface area (Å²) in [5.74, 6) is 0.688. The fourth-order valence-electron chi connectivity index (χ4n) is 6.26. The highest BCUT2D eigenvalue weighted by atomic mass is 19.1. The van der Waals surface area contributed by atoms with Crippen molar-refractivity contribution in [1.29, 1.82) is 5.26 Å². The number of aromatic nitrogens is 5. The van der Waals surface area contributed by atoms with Crippen LogP contribution in [-0.2, 0) is 4.74 Å². The number of halogens is 1. The Morgan fingerprint density at radius 2 is 1.98 bits per heavy atom. The summed E-state index contributed by atoms with van der Waals surface area (Å²) in [4.78, 5) is 38.7. The number of nitrogens with zero attached hydrogens (tertiary/aromatic N) is 8. The molecule has 14 heteroatoms. The molecule has 2 aromatic carbocycles. The average Bonchev–Trinajstić information content (AvgIpc) is 3.61. The normalized spacial score (nSPS) is 21.9. The first-order valence-corrected chi connectivity index (χ1v) is 15.7. The van der Waals surface area contributed by atoms with Crippen LogP contribution in [0.25, 0.3) is 11.4 Å². The van der Waals surface area contributed by atoms with E-state index in [1.807, 2.05) is 12.1 Å². The highest BCUT2D eigenvalue weighted by Gasteiger charge is 2.35. The van der Waals surface area contributed by atoms with Gasteiger partial charge in [-0.1, -0.05) is 0 Å². The Kier molecular flexibility index (Phi) is 8.64. The Morgan fingerprint density at radius 1 is 1.13 bits per heavy atom. The third kappa shape index (κ3) is 6.58. The molecule has 3 saturated heterocycles. The number of imidazole rings is 1. The molecule has 1 amide bonds. The molecule has 2 aromatic heterocycles. The van der Waals surface area contributed by atoms with Crippen molar-refractivity contribution in [2.45, 2.75) is 37.7 Å². The topological polar surface area (TPSA) is 148 Å². The molecule has 0 radical (unpaired) electrons. The van der Waals surface area contributed by atoms with Crippen molar-refractivity contribution in [1.82, 2.24) is 34.7 Å². The predicted octanol–water partition coefficient (Wildman–Crippen LogP) is 3.42. The minimum Gasteiger partial charge on any atom is -0.486 e. The fraction of sp³-hybridized carbons (Fsp3) is 0.394. The van der Waals surface area contributed by atoms with Crippen LogP contribution >= 0.6 is 0 Å². The number of nitrogens with one attached hydrogen (secondary N) is 2. The first-order chi connectivity index (χ1) is 22.9. The van der Waals surface area contributed by atoms with E-state index in [-0.39, 0.29) is 30.2 Å². The minimum absolute atomic E-state index is 0.113. The Balaban J connectivity index is 0.976. The smallest absolute Gasteiger partial charge is 0.272 e. The zero-order valence-electron chi connectivity index (χ0n) is 25.9. The summed E-state index contributed by atoms with van der Waals surface area (Å²) < 4.78 is 26.4. The van der Waals surface area contributed by atoms with E-state index in [2.05, 4.69) is 65.2 Å². The van der Waals surface area contributed by atoms with Gasteiger partial charge in [0.2, 0.25) is 5.95 Å². The van der Waals surface area contributed by atoms with Crippen LogP contribution in [0.3, 0.4) is 0 Å². The van der Waals surface area contributed by atoms with E-state index >= 15 is 4.39 Å². The maximum absolute atomic E-state index is 15.1. The van der Waals surface area contributed by atoms with Gasteiger partial charge in [0.25, 0.3) is 5.91 Å².